The van der Waals surface area contributed by atoms with Crippen LogP contribution in [0.5, 0.6) is 0 Å². The summed E-state index contributed by atoms with van der Waals surface area (Å²) >= 11 is 0. The lowest BCUT2D eigenvalue weighted by Crippen LogP contribution is -2.09. The lowest BCUT2D eigenvalue weighted by molar-refractivity contribution is 0.348. The second-order valence-electron chi connectivity index (χ2n) is 3.42. The molecule has 16 heavy (non-hydrogen) atoms. The van der Waals surface area contributed by atoms with Crippen molar-refractivity contribution in [3.63, 3.8) is 0 Å². The zero-order valence-corrected chi connectivity index (χ0v) is 9.00. The van der Waals surface area contributed by atoms with E-state index in [0.29, 0.717) is 17.5 Å². The van der Waals surface area contributed by atoms with E-state index in [1.807, 2.05) is 0 Å². The molecule has 0 aliphatic rings. The maximum absolute atomic E-state index is 5.86. The van der Waals surface area contributed by atoms with Gasteiger partial charge in [0.15, 0.2) is 0 Å². The van der Waals surface area contributed by atoms with Crippen LogP contribution in [-0.4, -0.2) is 20.1 Å². The van der Waals surface area contributed by atoms with Crippen molar-refractivity contribution >= 4 is 0 Å². The van der Waals surface area contributed by atoms with Gasteiger partial charge in [0.2, 0.25) is 17.5 Å². The Labute approximate surface area is 92.9 Å². The van der Waals surface area contributed by atoms with Crippen LogP contribution in [0.2, 0.25) is 0 Å². The molecule has 2 N–H and O–H groups in total. The van der Waals surface area contributed by atoms with Gasteiger partial charge >= 0.3 is 0 Å². The molecule has 0 unspecified atom stereocenters. The molecule has 2 rings (SSSR count). The van der Waals surface area contributed by atoms with Crippen molar-refractivity contribution in [2.24, 2.45) is 5.73 Å². The van der Waals surface area contributed by atoms with Crippen molar-refractivity contribution in [3.05, 3.63) is 24.4 Å². The normalized spacial score (nSPS) is 12.6. The van der Waals surface area contributed by atoms with E-state index >= 15 is 0 Å². The van der Waals surface area contributed by atoms with Crippen LogP contribution < -0.4 is 5.73 Å². The zero-order chi connectivity index (χ0) is 11.4. The van der Waals surface area contributed by atoms with Crippen LogP contribution in [0, 0.1) is 0 Å². The third-order valence-corrected chi connectivity index (χ3v) is 2.12. The summed E-state index contributed by atoms with van der Waals surface area (Å²) in [5, 5.41) is 3.80. The molecule has 2 aromatic rings. The quantitative estimate of drug-likeness (QED) is 0.834. The van der Waals surface area contributed by atoms with Crippen LogP contribution in [0.3, 0.4) is 0 Å². The Morgan fingerprint density at radius 1 is 1.31 bits per heavy atom. The smallest absolute Gasteiger partial charge is 0.243 e. The van der Waals surface area contributed by atoms with Crippen LogP contribution in [0.15, 0.2) is 23.0 Å². The van der Waals surface area contributed by atoms with Gasteiger partial charge in [0, 0.05) is 12.4 Å². The SMILES string of the molecule is CCC[C@H](N)c1nc(-c2ncccn2)no1. The monoisotopic (exact) mass is 219 g/mol. The van der Waals surface area contributed by atoms with E-state index in [1.165, 1.54) is 0 Å². The molecule has 0 radical (unpaired) electrons. The van der Waals surface area contributed by atoms with Gasteiger partial charge in [-0.25, -0.2) is 9.97 Å². The molecule has 2 heterocycles. The fourth-order valence-corrected chi connectivity index (χ4v) is 1.33. The van der Waals surface area contributed by atoms with Gasteiger partial charge in [0.1, 0.15) is 0 Å². The molecule has 0 saturated heterocycles. The fourth-order valence-electron chi connectivity index (χ4n) is 1.33. The van der Waals surface area contributed by atoms with Crippen molar-refractivity contribution in [2.75, 3.05) is 0 Å². The zero-order valence-electron chi connectivity index (χ0n) is 9.00. The van der Waals surface area contributed by atoms with Gasteiger partial charge < -0.3 is 10.3 Å². The lowest BCUT2D eigenvalue weighted by atomic mass is 10.2. The predicted octanol–water partition coefficient (Wildman–Crippen LogP) is 1.33. The molecule has 2 aromatic heterocycles. The van der Waals surface area contributed by atoms with Crippen molar-refractivity contribution in [1.29, 1.82) is 0 Å². The average Bonchev–Trinajstić information content (AvgIpc) is 2.80. The van der Waals surface area contributed by atoms with Gasteiger partial charge in [-0.15, -0.1) is 0 Å². The van der Waals surface area contributed by atoms with Crippen molar-refractivity contribution in [3.8, 4) is 11.6 Å². The molecule has 0 fully saturated rings. The highest BCUT2D eigenvalue weighted by atomic mass is 16.5. The van der Waals surface area contributed by atoms with E-state index in [2.05, 4.69) is 27.0 Å². The first kappa shape index (κ1) is 10.7. The van der Waals surface area contributed by atoms with Gasteiger partial charge in [0.25, 0.3) is 0 Å². The summed E-state index contributed by atoms with van der Waals surface area (Å²) in [7, 11) is 0. The molecule has 0 bridgehead atoms. The molecule has 1 atom stereocenters. The Balaban J connectivity index is 2.20. The topological polar surface area (TPSA) is 90.7 Å². The van der Waals surface area contributed by atoms with Gasteiger partial charge in [-0.2, -0.15) is 4.98 Å². The van der Waals surface area contributed by atoms with E-state index in [0.717, 1.165) is 12.8 Å². The Morgan fingerprint density at radius 3 is 2.75 bits per heavy atom. The summed E-state index contributed by atoms with van der Waals surface area (Å²) < 4.78 is 5.07. The van der Waals surface area contributed by atoms with Crippen LogP contribution in [-0.2, 0) is 0 Å². The molecule has 0 saturated carbocycles. The highest BCUT2D eigenvalue weighted by molar-refractivity contribution is 5.40. The van der Waals surface area contributed by atoms with Crippen molar-refractivity contribution in [2.45, 2.75) is 25.8 Å². The summed E-state index contributed by atoms with van der Waals surface area (Å²) in [5.74, 6) is 1.26. The third-order valence-electron chi connectivity index (χ3n) is 2.12. The maximum atomic E-state index is 5.86. The van der Waals surface area contributed by atoms with Gasteiger partial charge in [-0.3, -0.25) is 0 Å². The number of aromatic nitrogens is 4. The summed E-state index contributed by atoms with van der Waals surface area (Å²) in [6.07, 6.45) is 5.05. The molecule has 0 aromatic carbocycles. The standard InChI is InChI=1S/C10H13N5O/c1-2-4-7(11)10-14-9(15-16-10)8-12-5-3-6-13-8/h3,5-7H,2,4,11H2,1H3/t7-/m0/s1. The van der Waals surface area contributed by atoms with E-state index in [4.69, 9.17) is 10.3 Å². The average molecular weight is 219 g/mol. The fraction of sp³-hybridized carbons (Fsp3) is 0.400. The predicted molar refractivity (Wildman–Crippen MR) is 57.2 cm³/mol. The Kier molecular flexibility index (Phi) is 3.21. The van der Waals surface area contributed by atoms with Crippen LogP contribution >= 0.6 is 0 Å². The molecular formula is C10H13N5O. The number of nitrogens with zero attached hydrogens (tertiary/aromatic N) is 4. The minimum absolute atomic E-state index is 0.213. The van der Waals surface area contributed by atoms with E-state index < -0.39 is 0 Å². The van der Waals surface area contributed by atoms with Gasteiger partial charge in [-0.05, 0) is 12.5 Å². The first-order chi connectivity index (χ1) is 7.81. The summed E-state index contributed by atoms with van der Waals surface area (Å²) in [6.45, 7) is 2.05. The molecule has 6 nitrogen and oxygen atoms in total. The highest BCUT2D eigenvalue weighted by Crippen LogP contribution is 2.16. The van der Waals surface area contributed by atoms with Crippen molar-refractivity contribution < 1.29 is 4.52 Å². The van der Waals surface area contributed by atoms with Crippen molar-refractivity contribution in [1.82, 2.24) is 20.1 Å². The third kappa shape index (κ3) is 2.22. The van der Waals surface area contributed by atoms with Crippen LogP contribution in [0.25, 0.3) is 11.6 Å². The maximum Gasteiger partial charge on any atom is 0.243 e. The van der Waals surface area contributed by atoms with Gasteiger partial charge in [0.05, 0.1) is 6.04 Å². The van der Waals surface area contributed by atoms with E-state index in [-0.39, 0.29) is 6.04 Å². The molecule has 0 spiro atoms. The number of rotatable bonds is 4. The Hall–Kier alpha value is -1.82. The summed E-state index contributed by atoms with van der Waals surface area (Å²) in [6, 6.07) is 1.52. The van der Waals surface area contributed by atoms with Crippen LogP contribution in [0.4, 0.5) is 0 Å². The largest absolute Gasteiger partial charge is 0.337 e. The van der Waals surface area contributed by atoms with E-state index in [1.54, 1.807) is 18.5 Å². The summed E-state index contributed by atoms with van der Waals surface area (Å²) in [4.78, 5) is 12.2. The Bertz CT molecular complexity index is 441. The Morgan fingerprint density at radius 2 is 2.06 bits per heavy atom. The van der Waals surface area contributed by atoms with E-state index in [9.17, 15) is 0 Å². The van der Waals surface area contributed by atoms with Crippen LogP contribution in [0.1, 0.15) is 31.7 Å². The summed E-state index contributed by atoms with van der Waals surface area (Å²) in [5.41, 5.74) is 5.86. The lowest BCUT2D eigenvalue weighted by Gasteiger charge is -2.01. The first-order valence-corrected chi connectivity index (χ1v) is 5.18. The molecule has 0 amide bonds. The molecule has 6 heteroatoms. The minimum atomic E-state index is -0.213. The number of nitrogens with two attached hydrogens (primary N) is 1. The first-order valence-electron chi connectivity index (χ1n) is 5.18. The second-order valence-corrected chi connectivity index (χ2v) is 3.42. The number of hydrogen-bond acceptors (Lipinski definition) is 6. The second kappa shape index (κ2) is 4.80. The highest BCUT2D eigenvalue weighted by Gasteiger charge is 2.15. The molecule has 0 aliphatic carbocycles. The molecule has 84 valence electrons. The minimum Gasteiger partial charge on any atom is -0.337 e. The number of hydrogen-bond donors (Lipinski definition) is 1. The molecule has 0 aliphatic heterocycles. The van der Waals surface area contributed by atoms with Gasteiger partial charge in [-0.1, -0.05) is 18.5 Å². The molecular weight excluding hydrogens is 206 g/mol.